The van der Waals surface area contributed by atoms with Gasteiger partial charge in [-0.1, -0.05) is 78.9 Å². The Kier molecular flexibility index (Phi) is 6.41. The van der Waals surface area contributed by atoms with Gasteiger partial charge in [0.15, 0.2) is 0 Å². The fourth-order valence-corrected chi connectivity index (χ4v) is 4.46. The van der Waals surface area contributed by atoms with Gasteiger partial charge in [-0.2, -0.15) is 0 Å². The molecule has 2 heteroatoms. The second-order valence-electron chi connectivity index (χ2n) is 7.91. The van der Waals surface area contributed by atoms with Crippen molar-refractivity contribution in [2.24, 2.45) is 0 Å². The van der Waals surface area contributed by atoms with E-state index in [9.17, 15) is 4.79 Å². The second-order valence-corrected chi connectivity index (χ2v) is 7.91. The normalized spacial score (nSPS) is 15.7. The third-order valence-corrected chi connectivity index (χ3v) is 5.92. The molecule has 0 saturated heterocycles. The average Bonchev–Trinajstić information content (AvgIpc) is 2.79. The summed E-state index contributed by atoms with van der Waals surface area (Å²) in [6.07, 6.45) is 6.15. The molecule has 0 aromatic heterocycles. The van der Waals surface area contributed by atoms with Crippen molar-refractivity contribution < 1.29 is 4.79 Å². The number of carbonyl (C=O) groups is 1. The fourth-order valence-electron chi connectivity index (χ4n) is 4.46. The summed E-state index contributed by atoms with van der Waals surface area (Å²) in [6.45, 7) is 0. The van der Waals surface area contributed by atoms with Crippen LogP contribution in [0.1, 0.15) is 66.3 Å². The van der Waals surface area contributed by atoms with Gasteiger partial charge in [0.1, 0.15) is 0 Å². The Balaban J connectivity index is 1.37. The third kappa shape index (κ3) is 4.95. The Morgan fingerprint density at radius 1 is 0.966 bits per heavy atom. The van der Waals surface area contributed by atoms with Crippen molar-refractivity contribution in [2.45, 2.75) is 50.5 Å². The largest absolute Gasteiger partial charge is 0.345 e. The lowest BCUT2D eigenvalue weighted by atomic mass is 9.80. The minimum Gasteiger partial charge on any atom is -0.345 e. The van der Waals surface area contributed by atoms with E-state index in [1.165, 1.54) is 24.0 Å². The van der Waals surface area contributed by atoms with Crippen LogP contribution in [0.4, 0.5) is 0 Å². The van der Waals surface area contributed by atoms with Crippen LogP contribution in [0.25, 0.3) is 0 Å². The quantitative estimate of drug-likeness (QED) is 0.535. The minimum atomic E-state index is -0.102. The molecule has 0 heterocycles. The maximum absolute atomic E-state index is 12.8. The number of aryl methyl sites for hydroxylation is 1. The van der Waals surface area contributed by atoms with Crippen LogP contribution in [0.2, 0.25) is 0 Å². The molecule has 1 amide bonds. The molecule has 1 N–H and O–H groups in total. The van der Waals surface area contributed by atoms with Crippen LogP contribution in [0, 0.1) is 6.07 Å². The molecule has 4 rings (SSSR count). The number of fused-ring (bicyclic) bond motifs is 1. The van der Waals surface area contributed by atoms with E-state index in [1.807, 2.05) is 42.5 Å². The van der Waals surface area contributed by atoms with E-state index in [2.05, 4.69) is 47.8 Å². The van der Waals surface area contributed by atoms with Crippen molar-refractivity contribution >= 4 is 5.91 Å². The van der Waals surface area contributed by atoms with Gasteiger partial charge in [0.05, 0.1) is 6.04 Å². The van der Waals surface area contributed by atoms with Crippen molar-refractivity contribution in [1.82, 2.24) is 5.32 Å². The zero-order valence-electron chi connectivity index (χ0n) is 16.8. The molecule has 1 aliphatic rings. The maximum Gasteiger partial charge on any atom is 0.220 e. The lowest BCUT2D eigenvalue weighted by Gasteiger charge is -2.25. The van der Waals surface area contributed by atoms with E-state index in [-0.39, 0.29) is 11.9 Å². The summed E-state index contributed by atoms with van der Waals surface area (Å²) in [4.78, 5) is 12.8. The van der Waals surface area contributed by atoms with Crippen LogP contribution in [0.5, 0.6) is 0 Å². The Bertz CT molecular complexity index is 880. The molecule has 1 atom stereocenters. The van der Waals surface area contributed by atoms with Crippen LogP contribution in [0.3, 0.4) is 0 Å². The number of hydrogen-bond acceptors (Lipinski definition) is 1. The molecular formula is C27H28NO. The number of benzene rings is 3. The van der Waals surface area contributed by atoms with Gasteiger partial charge in [-0.05, 0) is 66.3 Å². The molecule has 0 fully saturated rings. The lowest BCUT2D eigenvalue weighted by molar-refractivity contribution is -0.121. The molecule has 0 aliphatic heterocycles. The van der Waals surface area contributed by atoms with Gasteiger partial charge in [0, 0.05) is 6.42 Å². The first-order valence-electron chi connectivity index (χ1n) is 10.7. The lowest BCUT2D eigenvalue weighted by Crippen LogP contribution is -2.29. The van der Waals surface area contributed by atoms with Crippen molar-refractivity contribution in [2.75, 3.05) is 0 Å². The van der Waals surface area contributed by atoms with Gasteiger partial charge >= 0.3 is 0 Å². The molecule has 2 nitrogen and oxygen atoms in total. The zero-order chi connectivity index (χ0) is 19.9. The van der Waals surface area contributed by atoms with Gasteiger partial charge in [-0.15, -0.1) is 0 Å². The van der Waals surface area contributed by atoms with Gasteiger partial charge in [-0.3, -0.25) is 4.79 Å². The van der Waals surface area contributed by atoms with Gasteiger partial charge < -0.3 is 5.32 Å². The van der Waals surface area contributed by atoms with E-state index in [1.54, 1.807) is 0 Å². The second kappa shape index (κ2) is 9.56. The highest BCUT2D eigenvalue weighted by atomic mass is 16.1. The minimum absolute atomic E-state index is 0.102. The summed E-state index contributed by atoms with van der Waals surface area (Å²) in [5.41, 5.74) is 5.06. The van der Waals surface area contributed by atoms with E-state index < -0.39 is 0 Å². The summed E-state index contributed by atoms with van der Waals surface area (Å²) in [7, 11) is 0. The molecule has 147 valence electrons. The molecule has 3 aromatic carbocycles. The van der Waals surface area contributed by atoms with Gasteiger partial charge in [0.25, 0.3) is 0 Å². The smallest absolute Gasteiger partial charge is 0.220 e. The molecule has 1 radical (unpaired) electrons. The average molecular weight is 383 g/mol. The molecule has 0 saturated carbocycles. The Labute approximate surface area is 174 Å². The van der Waals surface area contributed by atoms with Crippen LogP contribution in [-0.4, -0.2) is 5.91 Å². The Morgan fingerprint density at radius 2 is 1.66 bits per heavy atom. The number of rotatable bonds is 7. The summed E-state index contributed by atoms with van der Waals surface area (Å²) < 4.78 is 0. The summed E-state index contributed by atoms with van der Waals surface area (Å²) >= 11 is 0. The monoisotopic (exact) mass is 382 g/mol. The van der Waals surface area contributed by atoms with E-state index >= 15 is 0 Å². The highest BCUT2D eigenvalue weighted by molar-refractivity contribution is 5.77. The Morgan fingerprint density at radius 3 is 2.34 bits per heavy atom. The van der Waals surface area contributed by atoms with Gasteiger partial charge in [0.2, 0.25) is 5.91 Å². The van der Waals surface area contributed by atoms with Crippen molar-refractivity contribution in [3.8, 4) is 0 Å². The Hall–Kier alpha value is -2.87. The predicted octanol–water partition coefficient (Wildman–Crippen LogP) is 5.98. The molecule has 1 aliphatic carbocycles. The van der Waals surface area contributed by atoms with Crippen LogP contribution < -0.4 is 5.32 Å². The van der Waals surface area contributed by atoms with E-state index in [4.69, 9.17) is 0 Å². The molecule has 3 aromatic rings. The fraction of sp³-hybridized carbons (Fsp3) is 0.296. The van der Waals surface area contributed by atoms with Crippen LogP contribution in [-0.2, 0) is 11.2 Å². The van der Waals surface area contributed by atoms with Crippen LogP contribution in [0.15, 0.2) is 78.9 Å². The highest BCUT2D eigenvalue weighted by Crippen LogP contribution is 2.34. The van der Waals surface area contributed by atoms with E-state index in [0.29, 0.717) is 12.3 Å². The number of nitrogens with one attached hydrogen (secondary N) is 1. The molecule has 1 unspecified atom stereocenters. The highest BCUT2D eigenvalue weighted by Gasteiger charge is 2.21. The first-order chi connectivity index (χ1) is 14.3. The number of amides is 1. The number of hydrogen-bond donors (Lipinski definition) is 1. The summed E-state index contributed by atoms with van der Waals surface area (Å²) in [5, 5.41) is 3.26. The zero-order valence-corrected chi connectivity index (χ0v) is 16.8. The standard InChI is InChI=1S/C27H28NO/c29-26(20-10-18-22-17-9-16-21-11-7-8-19-25(21)22)28-27(23-12-3-1-4-13-23)24-14-5-2-6-15-24/h1-8,12-15,19,22,27H,9-10,16-18,20H2,(H,28,29). The van der Waals surface area contributed by atoms with Crippen LogP contribution >= 0.6 is 0 Å². The van der Waals surface area contributed by atoms with Crippen molar-refractivity contribution in [3.63, 3.8) is 0 Å². The molecule has 0 spiro atoms. The molecular weight excluding hydrogens is 354 g/mol. The summed E-state index contributed by atoms with van der Waals surface area (Å²) in [5.74, 6) is 0.696. The predicted molar refractivity (Wildman–Crippen MR) is 118 cm³/mol. The van der Waals surface area contributed by atoms with Gasteiger partial charge in [-0.25, -0.2) is 0 Å². The third-order valence-electron chi connectivity index (χ3n) is 5.92. The van der Waals surface area contributed by atoms with E-state index in [0.717, 1.165) is 30.4 Å². The topological polar surface area (TPSA) is 29.1 Å². The van der Waals surface area contributed by atoms with Crippen molar-refractivity contribution in [1.29, 1.82) is 0 Å². The molecule has 0 bridgehead atoms. The SMILES string of the molecule is O=C(CCCC1CCCc2[c]cccc21)NC(c1ccccc1)c1ccccc1. The molecule has 29 heavy (non-hydrogen) atoms. The first kappa shape index (κ1) is 19.4. The maximum atomic E-state index is 12.8. The van der Waals surface area contributed by atoms with Crippen molar-refractivity contribution in [3.05, 3.63) is 107 Å². The summed E-state index contributed by atoms with van der Waals surface area (Å²) in [6, 6.07) is 30.1. The number of carbonyl (C=O) groups excluding carboxylic acids is 1. The first-order valence-corrected chi connectivity index (χ1v) is 10.7.